The lowest BCUT2D eigenvalue weighted by Gasteiger charge is -2.18. The zero-order chi connectivity index (χ0) is 15.8. The van der Waals surface area contributed by atoms with Gasteiger partial charge in [0.25, 0.3) is 5.91 Å². The summed E-state index contributed by atoms with van der Waals surface area (Å²) in [6, 6.07) is 5.79. The Labute approximate surface area is 128 Å². The van der Waals surface area contributed by atoms with E-state index in [0.29, 0.717) is 18.0 Å². The van der Waals surface area contributed by atoms with Crippen molar-refractivity contribution in [3.05, 3.63) is 34.9 Å². The van der Waals surface area contributed by atoms with Crippen LogP contribution in [0.25, 0.3) is 0 Å². The molecule has 0 radical (unpaired) electrons. The van der Waals surface area contributed by atoms with Crippen molar-refractivity contribution in [2.75, 3.05) is 6.54 Å². The zero-order valence-corrected chi connectivity index (χ0v) is 13.5. The van der Waals surface area contributed by atoms with Crippen LogP contribution in [-0.4, -0.2) is 18.5 Å². The Morgan fingerprint density at radius 1 is 1.38 bits per heavy atom. The highest BCUT2D eigenvalue weighted by Gasteiger charge is 2.14. The molecule has 0 saturated carbocycles. The Morgan fingerprint density at radius 3 is 2.71 bits per heavy atom. The lowest BCUT2D eigenvalue weighted by atomic mass is 9.99. The van der Waals surface area contributed by atoms with Gasteiger partial charge in [0.15, 0.2) is 0 Å². The highest BCUT2D eigenvalue weighted by molar-refractivity contribution is 5.96. The third-order valence-corrected chi connectivity index (χ3v) is 3.73. The number of hydrogen-bond acceptors (Lipinski definition) is 2. The number of rotatable bonds is 5. The fraction of sp³-hybridized carbons (Fsp3) is 0.500. The first-order chi connectivity index (χ1) is 9.99. The topological polar surface area (TPSA) is 55.1 Å². The molecular formula is C18H26N2O. The molecule has 1 aromatic carbocycles. The van der Waals surface area contributed by atoms with Crippen molar-refractivity contribution in [3.8, 4) is 11.8 Å². The first-order valence-corrected chi connectivity index (χ1v) is 7.59. The fourth-order valence-electron chi connectivity index (χ4n) is 2.29. The summed E-state index contributed by atoms with van der Waals surface area (Å²) < 4.78 is 0. The first-order valence-electron chi connectivity index (χ1n) is 7.59. The van der Waals surface area contributed by atoms with Gasteiger partial charge in [-0.1, -0.05) is 38.2 Å². The monoisotopic (exact) mass is 286 g/mol. The van der Waals surface area contributed by atoms with E-state index in [1.54, 1.807) is 0 Å². The van der Waals surface area contributed by atoms with E-state index in [1.807, 2.05) is 25.1 Å². The van der Waals surface area contributed by atoms with Crippen molar-refractivity contribution < 1.29 is 4.79 Å². The second-order valence-electron chi connectivity index (χ2n) is 5.61. The minimum Gasteiger partial charge on any atom is -0.350 e. The van der Waals surface area contributed by atoms with Crippen molar-refractivity contribution in [3.63, 3.8) is 0 Å². The van der Waals surface area contributed by atoms with Gasteiger partial charge in [0.05, 0.1) is 6.54 Å². The number of nitrogens with one attached hydrogen (secondary N) is 1. The summed E-state index contributed by atoms with van der Waals surface area (Å²) >= 11 is 0. The molecule has 0 aliphatic rings. The zero-order valence-electron chi connectivity index (χ0n) is 13.5. The maximum Gasteiger partial charge on any atom is 0.251 e. The highest BCUT2D eigenvalue weighted by atomic mass is 16.1. The fourth-order valence-corrected chi connectivity index (χ4v) is 2.29. The van der Waals surface area contributed by atoms with Crippen molar-refractivity contribution >= 4 is 5.91 Å². The Hall–Kier alpha value is -1.79. The molecule has 3 heteroatoms. The average Bonchev–Trinajstić information content (AvgIpc) is 2.45. The molecular weight excluding hydrogens is 260 g/mol. The standard InChI is InChI=1S/C18H26N2O/c1-5-13(2)12-14(3)20-18(21)17-10-6-8-16(15(17)4)9-7-11-19/h6,8,10,13-14H,5,11-12,19H2,1-4H3,(H,20,21). The highest BCUT2D eigenvalue weighted by Crippen LogP contribution is 2.14. The van der Waals surface area contributed by atoms with E-state index in [1.165, 1.54) is 0 Å². The summed E-state index contributed by atoms with van der Waals surface area (Å²) in [7, 11) is 0. The van der Waals surface area contributed by atoms with Gasteiger partial charge in [-0.3, -0.25) is 4.79 Å². The van der Waals surface area contributed by atoms with Gasteiger partial charge in [-0.15, -0.1) is 0 Å². The van der Waals surface area contributed by atoms with Crippen LogP contribution in [0.4, 0.5) is 0 Å². The van der Waals surface area contributed by atoms with Crippen LogP contribution >= 0.6 is 0 Å². The van der Waals surface area contributed by atoms with Crippen LogP contribution in [0.5, 0.6) is 0 Å². The second-order valence-corrected chi connectivity index (χ2v) is 5.61. The molecule has 0 fully saturated rings. The summed E-state index contributed by atoms with van der Waals surface area (Å²) in [5, 5.41) is 3.07. The van der Waals surface area contributed by atoms with Gasteiger partial charge in [-0.25, -0.2) is 0 Å². The molecule has 0 heterocycles. The van der Waals surface area contributed by atoms with Gasteiger partial charge >= 0.3 is 0 Å². The molecule has 2 unspecified atom stereocenters. The molecule has 0 aromatic heterocycles. The van der Waals surface area contributed by atoms with E-state index < -0.39 is 0 Å². The van der Waals surface area contributed by atoms with Crippen LogP contribution in [0.2, 0.25) is 0 Å². The van der Waals surface area contributed by atoms with Crippen LogP contribution in [0.3, 0.4) is 0 Å². The smallest absolute Gasteiger partial charge is 0.251 e. The van der Waals surface area contributed by atoms with Gasteiger partial charge in [-0.05, 0) is 43.9 Å². The number of carbonyl (C=O) groups excluding carboxylic acids is 1. The summed E-state index contributed by atoms with van der Waals surface area (Å²) in [6.07, 6.45) is 2.12. The number of benzene rings is 1. The van der Waals surface area contributed by atoms with E-state index in [9.17, 15) is 4.79 Å². The third-order valence-electron chi connectivity index (χ3n) is 3.73. The van der Waals surface area contributed by atoms with Gasteiger partial charge < -0.3 is 11.1 Å². The van der Waals surface area contributed by atoms with Crippen LogP contribution in [-0.2, 0) is 0 Å². The molecule has 1 aromatic rings. The summed E-state index contributed by atoms with van der Waals surface area (Å²) in [5.41, 5.74) is 7.86. The Bertz CT molecular complexity index is 540. The number of carbonyl (C=O) groups is 1. The van der Waals surface area contributed by atoms with Crippen LogP contribution in [0.1, 0.15) is 55.1 Å². The molecule has 0 bridgehead atoms. The summed E-state index contributed by atoms with van der Waals surface area (Å²) in [5.74, 6) is 6.43. The lowest BCUT2D eigenvalue weighted by molar-refractivity contribution is 0.0934. The van der Waals surface area contributed by atoms with E-state index in [4.69, 9.17) is 5.73 Å². The lowest BCUT2D eigenvalue weighted by Crippen LogP contribution is -2.34. The normalized spacial score (nSPS) is 13.0. The van der Waals surface area contributed by atoms with E-state index >= 15 is 0 Å². The minimum absolute atomic E-state index is 0.0281. The van der Waals surface area contributed by atoms with Gasteiger partial charge in [0.2, 0.25) is 0 Å². The van der Waals surface area contributed by atoms with Crippen LogP contribution in [0, 0.1) is 24.7 Å². The van der Waals surface area contributed by atoms with Gasteiger partial charge in [0, 0.05) is 17.2 Å². The molecule has 0 saturated heterocycles. The van der Waals surface area contributed by atoms with Crippen molar-refractivity contribution in [1.82, 2.24) is 5.32 Å². The molecule has 0 aliphatic heterocycles. The molecule has 1 amide bonds. The van der Waals surface area contributed by atoms with E-state index in [-0.39, 0.29) is 11.9 Å². The van der Waals surface area contributed by atoms with E-state index in [0.717, 1.165) is 24.0 Å². The molecule has 3 nitrogen and oxygen atoms in total. The predicted molar refractivity (Wildman–Crippen MR) is 88.1 cm³/mol. The van der Waals surface area contributed by atoms with Crippen LogP contribution < -0.4 is 11.1 Å². The number of amides is 1. The maximum absolute atomic E-state index is 12.4. The molecule has 3 N–H and O–H groups in total. The van der Waals surface area contributed by atoms with Crippen molar-refractivity contribution in [1.29, 1.82) is 0 Å². The Kier molecular flexibility index (Phi) is 6.98. The molecule has 1 rings (SSSR count). The molecule has 0 spiro atoms. The quantitative estimate of drug-likeness (QED) is 0.818. The SMILES string of the molecule is CCC(C)CC(C)NC(=O)c1cccc(C#CCN)c1C. The molecule has 2 atom stereocenters. The largest absolute Gasteiger partial charge is 0.350 e. The maximum atomic E-state index is 12.4. The number of nitrogens with two attached hydrogens (primary N) is 1. The molecule has 114 valence electrons. The van der Waals surface area contributed by atoms with E-state index in [2.05, 4.69) is 37.9 Å². The van der Waals surface area contributed by atoms with Crippen molar-refractivity contribution in [2.45, 2.75) is 46.6 Å². The minimum atomic E-state index is -0.0281. The van der Waals surface area contributed by atoms with Crippen molar-refractivity contribution in [2.24, 2.45) is 11.7 Å². The average molecular weight is 286 g/mol. The Balaban J connectivity index is 2.83. The van der Waals surface area contributed by atoms with Crippen LogP contribution in [0.15, 0.2) is 18.2 Å². The second kappa shape index (κ2) is 8.49. The first kappa shape index (κ1) is 17.3. The third kappa shape index (κ3) is 5.24. The molecule has 0 aliphatic carbocycles. The van der Waals surface area contributed by atoms with Gasteiger partial charge in [0.1, 0.15) is 0 Å². The molecule has 21 heavy (non-hydrogen) atoms. The predicted octanol–water partition coefficient (Wildman–Crippen LogP) is 2.86. The Morgan fingerprint density at radius 2 is 2.10 bits per heavy atom. The summed E-state index contributed by atoms with van der Waals surface area (Å²) in [4.78, 5) is 12.4. The van der Waals surface area contributed by atoms with Gasteiger partial charge in [-0.2, -0.15) is 0 Å². The number of hydrogen-bond donors (Lipinski definition) is 2. The summed E-state index contributed by atoms with van der Waals surface area (Å²) in [6.45, 7) is 8.67.